The molecular weight excluding hydrogens is 236 g/mol. The van der Waals surface area contributed by atoms with Gasteiger partial charge in [0.05, 0.1) is 12.2 Å². The summed E-state index contributed by atoms with van der Waals surface area (Å²) >= 11 is 0. The summed E-state index contributed by atoms with van der Waals surface area (Å²) < 4.78 is 10.8. The fraction of sp³-hybridized carbons (Fsp3) is 0.500. The van der Waals surface area contributed by atoms with Crippen LogP contribution < -0.4 is 15.2 Å². The molecule has 1 aromatic heterocycles. The first-order valence-electron chi connectivity index (χ1n) is 5.68. The van der Waals surface area contributed by atoms with Gasteiger partial charge in [-0.2, -0.15) is 0 Å². The van der Waals surface area contributed by atoms with Crippen LogP contribution in [0.3, 0.4) is 0 Å². The number of hydrogen-bond acceptors (Lipinski definition) is 5. The molecule has 1 heterocycles. The molecule has 0 saturated carbocycles. The van der Waals surface area contributed by atoms with Gasteiger partial charge in [0.2, 0.25) is 5.88 Å². The lowest BCUT2D eigenvalue weighted by molar-refractivity contribution is 0.0690. The third-order valence-corrected chi connectivity index (χ3v) is 1.96. The maximum Gasteiger partial charge on any atom is 0.341 e. The Kier molecular flexibility index (Phi) is 4.36. The molecule has 0 unspecified atom stereocenters. The standard InChI is InChI=1S/C12H18N2O4/c1-6(2)17-10-8(12(15)16)5-14-11(9(10)13)18-7(3)4/h5-7H,13H2,1-4H3,(H,15,16). The van der Waals surface area contributed by atoms with E-state index in [1.54, 1.807) is 13.8 Å². The van der Waals surface area contributed by atoms with Crippen molar-refractivity contribution in [3.8, 4) is 11.6 Å². The Bertz CT molecular complexity index is 444. The van der Waals surface area contributed by atoms with Gasteiger partial charge in [0.15, 0.2) is 5.75 Å². The van der Waals surface area contributed by atoms with Gasteiger partial charge in [-0.15, -0.1) is 0 Å². The number of anilines is 1. The predicted octanol–water partition coefficient (Wildman–Crippen LogP) is 1.94. The van der Waals surface area contributed by atoms with Crippen LogP contribution in [-0.4, -0.2) is 28.3 Å². The molecule has 0 aliphatic heterocycles. The number of aromatic nitrogens is 1. The van der Waals surface area contributed by atoms with Crippen molar-refractivity contribution < 1.29 is 19.4 Å². The van der Waals surface area contributed by atoms with E-state index < -0.39 is 5.97 Å². The number of carboxylic acids is 1. The zero-order valence-corrected chi connectivity index (χ0v) is 10.9. The number of ether oxygens (including phenoxy) is 2. The van der Waals surface area contributed by atoms with Crippen molar-refractivity contribution in [3.63, 3.8) is 0 Å². The Morgan fingerprint density at radius 3 is 2.28 bits per heavy atom. The van der Waals surface area contributed by atoms with Gasteiger partial charge < -0.3 is 20.3 Å². The average molecular weight is 254 g/mol. The van der Waals surface area contributed by atoms with E-state index in [1.165, 1.54) is 6.20 Å². The fourth-order valence-corrected chi connectivity index (χ4v) is 1.33. The second-order valence-electron chi connectivity index (χ2n) is 4.36. The SMILES string of the molecule is CC(C)Oc1ncc(C(=O)O)c(OC(C)C)c1N. The highest BCUT2D eigenvalue weighted by Crippen LogP contribution is 2.34. The van der Waals surface area contributed by atoms with Crippen LogP contribution in [0.4, 0.5) is 5.69 Å². The van der Waals surface area contributed by atoms with Crippen LogP contribution in [0.25, 0.3) is 0 Å². The lowest BCUT2D eigenvalue weighted by atomic mass is 10.2. The Labute approximate surface area is 106 Å². The normalized spacial score (nSPS) is 10.8. The van der Waals surface area contributed by atoms with Gasteiger partial charge in [0.25, 0.3) is 0 Å². The van der Waals surface area contributed by atoms with Gasteiger partial charge in [0, 0.05) is 6.20 Å². The van der Waals surface area contributed by atoms with Crippen molar-refractivity contribution >= 4 is 11.7 Å². The van der Waals surface area contributed by atoms with E-state index in [9.17, 15) is 4.79 Å². The highest BCUT2D eigenvalue weighted by Gasteiger charge is 2.21. The van der Waals surface area contributed by atoms with E-state index in [2.05, 4.69) is 4.98 Å². The molecule has 0 fully saturated rings. The molecule has 0 atom stereocenters. The van der Waals surface area contributed by atoms with Gasteiger partial charge in [0.1, 0.15) is 11.3 Å². The van der Waals surface area contributed by atoms with Crippen LogP contribution in [0, 0.1) is 0 Å². The molecule has 0 amide bonds. The number of aromatic carboxylic acids is 1. The first kappa shape index (κ1) is 14.1. The van der Waals surface area contributed by atoms with E-state index >= 15 is 0 Å². The van der Waals surface area contributed by atoms with Crippen molar-refractivity contribution in [2.75, 3.05) is 5.73 Å². The minimum atomic E-state index is -1.14. The van der Waals surface area contributed by atoms with Gasteiger partial charge in [-0.3, -0.25) is 0 Å². The quantitative estimate of drug-likeness (QED) is 0.833. The Morgan fingerprint density at radius 2 is 1.83 bits per heavy atom. The van der Waals surface area contributed by atoms with Gasteiger partial charge in [-0.25, -0.2) is 9.78 Å². The maximum atomic E-state index is 11.1. The van der Waals surface area contributed by atoms with Crippen LogP contribution in [0.5, 0.6) is 11.6 Å². The number of pyridine rings is 1. The number of nitrogens with two attached hydrogens (primary N) is 1. The number of carbonyl (C=O) groups is 1. The second kappa shape index (κ2) is 5.57. The summed E-state index contributed by atoms with van der Waals surface area (Å²) in [5, 5.41) is 9.06. The molecular formula is C12H18N2O4. The molecule has 1 aromatic rings. The second-order valence-corrected chi connectivity index (χ2v) is 4.36. The van der Waals surface area contributed by atoms with Crippen LogP contribution in [0.1, 0.15) is 38.1 Å². The third kappa shape index (κ3) is 3.26. The van der Waals surface area contributed by atoms with Crippen LogP contribution in [0.2, 0.25) is 0 Å². The molecule has 6 heteroatoms. The third-order valence-electron chi connectivity index (χ3n) is 1.96. The van der Waals surface area contributed by atoms with Gasteiger partial charge >= 0.3 is 5.97 Å². The van der Waals surface area contributed by atoms with Crippen molar-refractivity contribution in [3.05, 3.63) is 11.8 Å². The minimum Gasteiger partial charge on any atom is -0.488 e. The van der Waals surface area contributed by atoms with Crippen LogP contribution >= 0.6 is 0 Å². The molecule has 0 aliphatic rings. The summed E-state index contributed by atoms with van der Waals surface area (Å²) in [5.74, 6) is -0.852. The summed E-state index contributed by atoms with van der Waals surface area (Å²) in [4.78, 5) is 15.0. The average Bonchev–Trinajstić information content (AvgIpc) is 2.22. The van der Waals surface area contributed by atoms with Crippen molar-refractivity contribution in [1.82, 2.24) is 4.98 Å². The largest absolute Gasteiger partial charge is 0.488 e. The van der Waals surface area contributed by atoms with Crippen LogP contribution in [0.15, 0.2) is 6.20 Å². The maximum absolute atomic E-state index is 11.1. The Morgan fingerprint density at radius 1 is 1.28 bits per heavy atom. The van der Waals surface area contributed by atoms with Crippen LogP contribution in [-0.2, 0) is 0 Å². The summed E-state index contributed by atoms with van der Waals surface area (Å²) in [5.41, 5.74) is 5.88. The lowest BCUT2D eigenvalue weighted by Gasteiger charge is -2.17. The molecule has 6 nitrogen and oxygen atoms in total. The monoisotopic (exact) mass is 254 g/mol. The molecule has 0 aromatic carbocycles. The first-order valence-corrected chi connectivity index (χ1v) is 5.68. The molecule has 0 spiro atoms. The van der Waals surface area contributed by atoms with Gasteiger partial charge in [-0.05, 0) is 27.7 Å². The smallest absolute Gasteiger partial charge is 0.341 e. The summed E-state index contributed by atoms with van der Waals surface area (Å²) in [7, 11) is 0. The number of carboxylic acid groups (broad SMARTS) is 1. The van der Waals surface area contributed by atoms with Crippen molar-refractivity contribution in [2.45, 2.75) is 39.9 Å². The molecule has 100 valence electrons. The van der Waals surface area contributed by atoms with Crippen molar-refractivity contribution in [2.24, 2.45) is 0 Å². The highest BCUT2D eigenvalue weighted by atomic mass is 16.5. The number of nitrogens with zero attached hydrogens (tertiary/aromatic N) is 1. The molecule has 1 rings (SSSR count). The molecule has 0 radical (unpaired) electrons. The molecule has 0 bridgehead atoms. The zero-order valence-electron chi connectivity index (χ0n) is 10.9. The molecule has 0 saturated heterocycles. The summed E-state index contributed by atoms with van der Waals surface area (Å²) in [6, 6.07) is 0. The summed E-state index contributed by atoms with van der Waals surface area (Å²) in [6.07, 6.45) is 0.885. The van der Waals surface area contributed by atoms with E-state index in [1.807, 2.05) is 13.8 Å². The first-order chi connectivity index (χ1) is 8.32. The zero-order chi connectivity index (χ0) is 13.9. The molecule has 3 N–H and O–H groups in total. The Hall–Kier alpha value is -1.98. The number of nitrogen functional groups attached to an aromatic ring is 1. The van der Waals surface area contributed by atoms with E-state index in [4.69, 9.17) is 20.3 Å². The van der Waals surface area contributed by atoms with Crippen molar-refractivity contribution in [1.29, 1.82) is 0 Å². The number of rotatable bonds is 5. The van der Waals surface area contributed by atoms with Gasteiger partial charge in [-0.1, -0.05) is 0 Å². The summed E-state index contributed by atoms with van der Waals surface area (Å²) in [6.45, 7) is 7.23. The van der Waals surface area contributed by atoms with E-state index in [0.717, 1.165) is 0 Å². The minimum absolute atomic E-state index is 0.0719. The van der Waals surface area contributed by atoms with E-state index in [-0.39, 0.29) is 35.1 Å². The number of hydrogen-bond donors (Lipinski definition) is 2. The highest BCUT2D eigenvalue weighted by molar-refractivity contribution is 5.93. The fourth-order valence-electron chi connectivity index (χ4n) is 1.33. The molecule has 18 heavy (non-hydrogen) atoms. The molecule has 0 aliphatic carbocycles. The topological polar surface area (TPSA) is 94.7 Å². The lowest BCUT2D eigenvalue weighted by Crippen LogP contribution is -2.15. The van der Waals surface area contributed by atoms with E-state index in [0.29, 0.717) is 0 Å². The predicted molar refractivity (Wildman–Crippen MR) is 67.1 cm³/mol. The Balaban J connectivity index is 3.25.